The van der Waals surface area contributed by atoms with Gasteiger partial charge >= 0.3 is 0 Å². The normalized spacial score (nSPS) is 11.1. The van der Waals surface area contributed by atoms with Gasteiger partial charge in [-0.3, -0.25) is 4.68 Å². The highest BCUT2D eigenvalue weighted by molar-refractivity contribution is 7.71. The second kappa shape index (κ2) is 3.38. The molecule has 0 fully saturated rings. The van der Waals surface area contributed by atoms with Crippen LogP contribution in [0.25, 0.3) is 11.6 Å². The molecule has 0 aliphatic rings. The van der Waals surface area contributed by atoms with E-state index in [1.54, 1.807) is 6.20 Å². The summed E-state index contributed by atoms with van der Waals surface area (Å²) in [6, 6.07) is 2.11. The van der Waals surface area contributed by atoms with Gasteiger partial charge in [0, 0.05) is 12.2 Å². The van der Waals surface area contributed by atoms with Crippen molar-refractivity contribution in [3.8, 4) is 11.6 Å². The lowest BCUT2D eigenvalue weighted by Crippen LogP contribution is -2.04. The first-order valence-corrected chi connectivity index (χ1v) is 4.68. The number of hydrogen-bond acceptors (Lipinski definition) is 4. The van der Waals surface area contributed by atoms with E-state index in [1.807, 2.05) is 24.6 Å². The standard InChI is InChI=1S/C8H10N4OS/c1-5(2)12-6(3-4-9-12)7-10-11-8(14)13-7/h3-5H,1-2H3,(H,11,14). The lowest BCUT2D eigenvalue weighted by Gasteiger charge is -2.07. The molecule has 2 aromatic rings. The third-order valence-corrected chi connectivity index (χ3v) is 1.99. The van der Waals surface area contributed by atoms with Gasteiger partial charge in [-0.1, -0.05) is 0 Å². The van der Waals surface area contributed by atoms with Gasteiger partial charge in [-0.05, 0) is 32.1 Å². The van der Waals surface area contributed by atoms with Gasteiger partial charge in [0.25, 0.3) is 10.7 Å². The molecule has 0 unspecified atom stereocenters. The highest BCUT2D eigenvalue weighted by Crippen LogP contribution is 2.19. The van der Waals surface area contributed by atoms with Crippen LogP contribution in [0, 0.1) is 4.84 Å². The predicted molar refractivity (Wildman–Crippen MR) is 53.3 cm³/mol. The Kier molecular flexibility index (Phi) is 2.20. The summed E-state index contributed by atoms with van der Waals surface area (Å²) in [7, 11) is 0. The number of aromatic amines is 1. The van der Waals surface area contributed by atoms with Crippen molar-refractivity contribution >= 4 is 12.2 Å². The number of H-pyrrole nitrogens is 1. The van der Waals surface area contributed by atoms with Crippen LogP contribution < -0.4 is 0 Å². The predicted octanol–water partition coefficient (Wildman–Crippen LogP) is 2.18. The Morgan fingerprint density at radius 3 is 2.93 bits per heavy atom. The molecule has 0 bridgehead atoms. The summed E-state index contributed by atoms with van der Waals surface area (Å²) in [5.74, 6) is 0.473. The van der Waals surface area contributed by atoms with Gasteiger partial charge in [-0.2, -0.15) is 5.10 Å². The molecule has 0 atom stereocenters. The molecule has 1 N–H and O–H groups in total. The molecule has 2 heterocycles. The van der Waals surface area contributed by atoms with Crippen molar-refractivity contribution in [1.82, 2.24) is 20.0 Å². The Balaban J connectivity index is 2.51. The first kappa shape index (κ1) is 9.14. The molecule has 6 heteroatoms. The topological polar surface area (TPSA) is 59.6 Å². The van der Waals surface area contributed by atoms with Gasteiger partial charge in [0.2, 0.25) is 0 Å². The Labute approximate surface area is 85.8 Å². The fourth-order valence-electron chi connectivity index (χ4n) is 1.23. The third-order valence-electron chi connectivity index (χ3n) is 1.82. The molecule has 14 heavy (non-hydrogen) atoms. The maximum absolute atomic E-state index is 5.21. The Morgan fingerprint density at radius 2 is 2.36 bits per heavy atom. The quantitative estimate of drug-likeness (QED) is 0.772. The van der Waals surface area contributed by atoms with Crippen molar-refractivity contribution in [2.75, 3.05) is 0 Å². The van der Waals surface area contributed by atoms with Crippen LogP contribution in [0.1, 0.15) is 19.9 Å². The van der Waals surface area contributed by atoms with Crippen molar-refractivity contribution in [3.05, 3.63) is 17.1 Å². The van der Waals surface area contributed by atoms with E-state index in [-0.39, 0.29) is 10.9 Å². The van der Waals surface area contributed by atoms with Crippen LogP contribution >= 0.6 is 12.2 Å². The molecular weight excluding hydrogens is 200 g/mol. The average molecular weight is 210 g/mol. The van der Waals surface area contributed by atoms with Crippen LogP contribution in [0.4, 0.5) is 0 Å². The molecule has 5 nitrogen and oxygen atoms in total. The van der Waals surface area contributed by atoms with Crippen LogP contribution in [0.5, 0.6) is 0 Å². The van der Waals surface area contributed by atoms with Crippen molar-refractivity contribution in [3.63, 3.8) is 0 Å². The molecule has 2 aromatic heterocycles. The molecule has 0 spiro atoms. The first-order valence-electron chi connectivity index (χ1n) is 4.28. The van der Waals surface area contributed by atoms with E-state index in [4.69, 9.17) is 16.6 Å². The highest BCUT2D eigenvalue weighted by atomic mass is 32.1. The fraction of sp³-hybridized carbons (Fsp3) is 0.375. The van der Waals surface area contributed by atoms with E-state index in [0.29, 0.717) is 5.89 Å². The van der Waals surface area contributed by atoms with E-state index < -0.39 is 0 Å². The second-order valence-corrected chi connectivity index (χ2v) is 3.54. The van der Waals surface area contributed by atoms with Gasteiger partial charge in [-0.25, -0.2) is 5.10 Å². The minimum absolute atomic E-state index is 0.264. The average Bonchev–Trinajstić information content (AvgIpc) is 2.70. The van der Waals surface area contributed by atoms with Crippen molar-refractivity contribution in [2.45, 2.75) is 19.9 Å². The smallest absolute Gasteiger partial charge is 0.284 e. The maximum Gasteiger partial charge on any atom is 0.284 e. The molecule has 0 amide bonds. The van der Waals surface area contributed by atoms with E-state index >= 15 is 0 Å². The molecule has 0 aliphatic heterocycles. The van der Waals surface area contributed by atoms with Crippen LogP contribution in [-0.4, -0.2) is 20.0 Å². The fourth-order valence-corrected chi connectivity index (χ4v) is 1.36. The lowest BCUT2D eigenvalue weighted by molar-refractivity contribution is 0.507. The summed E-state index contributed by atoms with van der Waals surface area (Å²) in [5, 5.41) is 10.7. The molecule has 74 valence electrons. The first-order chi connectivity index (χ1) is 6.68. The number of nitrogens with zero attached hydrogens (tertiary/aromatic N) is 3. The van der Waals surface area contributed by atoms with Crippen molar-refractivity contribution in [1.29, 1.82) is 0 Å². The van der Waals surface area contributed by atoms with E-state index in [0.717, 1.165) is 5.69 Å². The van der Waals surface area contributed by atoms with Gasteiger partial charge < -0.3 is 4.42 Å². The number of rotatable bonds is 2. The van der Waals surface area contributed by atoms with E-state index in [9.17, 15) is 0 Å². The SMILES string of the molecule is CC(C)n1nccc1-c1n[nH]c(=S)o1. The van der Waals surface area contributed by atoms with E-state index in [1.165, 1.54) is 0 Å². The van der Waals surface area contributed by atoms with Crippen molar-refractivity contribution in [2.24, 2.45) is 0 Å². The van der Waals surface area contributed by atoms with Crippen LogP contribution in [-0.2, 0) is 0 Å². The Bertz CT molecular complexity index is 481. The summed E-state index contributed by atoms with van der Waals surface area (Å²) in [6.07, 6.45) is 1.71. The molecule has 0 radical (unpaired) electrons. The van der Waals surface area contributed by atoms with Crippen molar-refractivity contribution < 1.29 is 4.42 Å². The number of nitrogens with one attached hydrogen (secondary N) is 1. The molecule has 0 aromatic carbocycles. The zero-order valence-corrected chi connectivity index (χ0v) is 8.71. The van der Waals surface area contributed by atoms with Gasteiger partial charge in [0.05, 0.1) is 0 Å². The lowest BCUT2D eigenvalue weighted by atomic mass is 10.3. The Morgan fingerprint density at radius 1 is 1.57 bits per heavy atom. The molecule has 0 aliphatic carbocycles. The van der Waals surface area contributed by atoms with Crippen LogP contribution in [0.2, 0.25) is 0 Å². The summed E-state index contributed by atoms with van der Waals surface area (Å²) in [5.41, 5.74) is 0.826. The van der Waals surface area contributed by atoms with Gasteiger partial charge in [-0.15, -0.1) is 5.10 Å². The minimum Gasteiger partial charge on any atom is -0.408 e. The largest absolute Gasteiger partial charge is 0.408 e. The summed E-state index contributed by atoms with van der Waals surface area (Å²) in [4.78, 5) is 0.275. The highest BCUT2D eigenvalue weighted by Gasteiger charge is 2.12. The van der Waals surface area contributed by atoms with E-state index in [2.05, 4.69) is 15.3 Å². The summed E-state index contributed by atoms with van der Waals surface area (Å²) in [6.45, 7) is 4.08. The van der Waals surface area contributed by atoms with Gasteiger partial charge in [0.15, 0.2) is 0 Å². The zero-order chi connectivity index (χ0) is 10.1. The minimum atomic E-state index is 0.264. The number of aromatic nitrogens is 4. The second-order valence-electron chi connectivity index (χ2n) is 3.17. The summed E-state index contributed by atoms with van der Waals surface area (Å²) >= 11 is 4.80. The monoisotopic (exact) mass is 210 g/mol. The molecule has 0 saturated heterocycles. The molecule has 0 saturated carbocycles. The Hall–Kier alpha value is -1.43. The van der Waals surface area contributed by atoms with Gasteiger partial charge in [0.1, 0.15) is 5.69 Å². The van der Waals surface area contributed by atoms with Crippen LogP contribution in [0.15, 0.2) is 16.7 Å². The molecule has 2 rings (SSSR count). The van der Waals surface area contributed by atoms with Crippen LogP contribution in [0.3, 0.4) is 0 Å². The molecular formula is C8H10N4OS. The zero-order valence-electron chi connectivity index (χ0n) is 7.89. The third kappa shape index (κ3) is 1.48. The maximum atomic E-state index is 5.21. The number of hydrogen-bond donors (Lipinski definition) is 1. The summed E-state index contributed by atoms with van der Waals surface area (Å²) < 4.78 is 7.03.